The van der Waals surface area contributed by atoms with Gasteiger partial charge in [-0.3, -0.25) is 4.79 Å². The van der Waals surface area contributed by atoms with Crippen molar-refractivity contribution in [1.82, 2.24) is 9.88 Å². The zero-order chi connectivity index (χ0) is 29.8. The molecule has 0 fully saturated rings. The van der Waals surface area contributed by atoms with Crippen LogP contribution in [0.1, 0.15) is 84.4 Å². The number of methoxy groups -OCH3 is 1. The summed E-state index contributed by atoms with van der Waals surface area (Å²) in [6.45, 7) is 12.9. The van der Waals surface area contributed by atoms with Gasteiger partial charge in [0.25, 0.3) is 5.91 Å². The number of nitrogens with zero attached hydrogens (tertiary/aromatic N) is 1. The van der Waals surface area contributed by atoms with Gasteiger partial charge in [0.1, 0.15) is 5.75 Å². The Hall–Kier alpha value is -3.77. The normalized spacial score (nSPS) is 12.8. The molecule has 1 amide bonds. The molecule has 7 heteroatoms. The van der Waals surface area contributed by atoms with Gasteiger partial charge in [-0.1, -0.05) is 56.6 Å². The van der Waals surface area contributed by atoms with Gasteiger partial charge in [0.2, 0.25) is 0 Å². The van der Waals surface area contributed by atoms with Crippen LogP contribution in [0.5, 0.6) is 5.75 Å². The zero-order valence-corrected chi connectivity index (χ0v) is 25.6. The molecule has 0 radical (unpaired) electrons. The fourth-order valence-electron chi connectivity index (χ4n) is 5.06. The van der Waals surface area contributed by atoms with Crippen LogP contribution in [0.4, 0.5) is 0 Å². The second-order valence-corrected chi connectivity index (χ2v) is 11.2. The monoisotopic (exact) mass is 574 g/mol. The number of halogens is 1. The van der Waals surface area contributed by atoms with Crippen LogP contribution in [0, 0.1) is 13.8 Å². The van der Waals surface area contributed by atoms with Gasteiger partial charge in [-0.2, -0.15) is 0 Å². The van der Waals surface area contributed by atoms with Crippen LogP contribution in [0.2, 0.25) is 5.02 Å². The molecule has 4 aromatic rings. The Bertz CT molecular complexity index is 1570. The number of ether oxygens (including phenoxy) is 2. The molecule has 0 bridgehead atoms. The number of hydrogen-bond donors (Lipinski definition) is 1. The van der Waals surface area contributed by atoms with Crippen LogP contribution < -0.4 is 10.1 Å². The maximum Gasteiger partial charge on any atom is 0.347 e. The first-order valence-electron chi connectivity index (χ1n) is 14.1. The van der Waals surface area contributed by atoms with Crippen LogP contribution in [0.3, 0.4) is 0 Å². The second-order valence-electron chi connectivity index (χ2n) is 10.8. The average molecular weight is 575 g/mol. The molecule has 1 unspecified atom stereocenters. The van der Waals surface area contributed by atoms with Crippen LogP contribution >= 0.6 is 11.6 Å². The predicted octanol–water partition coefficient (Wildman–Crippen LogP) is 7.90. The number of carbonyl (C=O) groups is 2. The molecule has 0 spiro atoms. The first kappa shape index (κ1) is 30.2. The highest BCUT2D eigenvalue weighted by Crippen LogP contribution is 2.31. The maximum atomic E-state index is 13.3. The fraction of sp³-hybridized carbons (Fsp3) is 0.353. The Labute approximate surface area is 247 Å². The Morgan fingerprint density at radius 3 is 2.39 bits per heavy atom. The minimum atomic E-state index is -0.683. The number of rotatable bonds is 10. The molecule has 0 saturated heterocycles. The number of benzene rings is 3. The minimum absolute atomic E-state index is 0.108. The number of esters is 1. The van der Waals surface area contributed by atoms with E-state index >= 15 is 0 Å². The first-order chi connectivity index (χ1) is 19.5. The van der Waals surface area contributed by atoms with Gasteiger partial charge in [0.05, 0.1) is 13.2 Å². The number of fused-ring (bicyclic) bond motifs is 1. The predicted molar refractivity (Wildman–Crippen MR) is 165 cm³/mol. The van der Waals surface area contributed by atoms with Crippen molar-refractivity contribution >= 4 is 34.4 Å². The van der Waals surface area contributed by atoms with E-state index in [1.54, 1.807) is 12.1 Å². The second kappa shape index (κ2) is 12.8. The molecule has 41 heavy (non-hydrogen) atoms. The molecular formula is C34H39ClN2O4. The van der Waals surface area contributed by atoms with Crippen molar-refractivity contribution in [2.75, 3.05) is 7.11 Å². The lowest BCUT2D eigenvalue weighted by atomic mass is 9.98. The van der Waals surface area contributed by atoms with Crippen molar-refractivity contribution in [3.8, 4) is 5.75 Å². The Balaban J connectivity index is 1.58. The largest absolute Gasteiger partial charge is 0.479 e. The van der Waals surface area contributed by atoms with Crippen LogP contribution in [-0.4, -0.2) is 29.7 Å². The van der Waals surface area contributed by atoms with Crippen molar-refractivity contribution in [2.24, 2.45) is 0 Å². The number of amides is 1. The van der Waals surface area contributed by atoms with Crippen LogP contribution in [-0.2, 0) is 16.1 Å². The third-order valence-corrected chi connectivity index (χ3v) is 8.15. The number of aryl methyl sites for hydroxylation is 1. The maximum absolute atomic E-state index is 13.3. The zero-order valence-electron chi connectivity index (χ0n) is 24.9. The number of carbonyl (C=O) groups excluding carboxylic acids is 2. The molecule has 0 aliphatic rings. The number of hydrogen-bond acceptors (Lipinski definition) is 4. The van der Waals surface area contributed by atoms with E-state index in [0.717, 1.165) is 33.3 Å². The van der Waals surface area contributed by atoms with Gasteiger partial charge >= 0.3 is 5.97 Å². The van der Waals surface area contributed by atoms with Gasteiger partial charge in [0.15, 0.2) is 6.10 Å². The molecule has 2 atom stereocenters. The van der Waals surface area contributed by atoms with Crippen molar-refractivity contribution in [2.45, 2.75) is 72.6 Å². The van der Waals surface area contributed by atoms with Crippen LogP contribution in [0.25, 0.3) is 10.9 Å². The summed E-state index contributed by atoms with van der Waals surface area (Å²) in [4.78, 5) is 25.3. The highest BCUT2D eigenvalue weighted by molar-refractivity contribution is 6.31. The average Bonchev–Trinajstić information content (AvgIpc) is 3.21. The number of nitrogens with one attached hydrogen (secondary N) is 1. The van der Waals surface area contributed by atoms with Gasteiger partial charge in [0, 0.05) is 33.7 Å². The van der Waals surface area contributed by atoms with Gasteiger partial charge in [-0.05, 0) is 91.8 Å². The van der Waals surface area contributed by atoms with Gasteiger partial charge in [-0.15, -0.1) is 0 Å². The lowest BCUT2D eigenvalue weighted by Gasteiger charge is -2.17. The first-order valence-corrected chi connectivity index (χ1v) is 14.4. The molecule has 4 rings (SSSR count). The molecule has 0 saturated carbocycles. The molecule has 1 heterocycles. The third-order valence-electron chi connectivity index (χ3n) is 7.78. The fourth-order valence-corrected chi connectivity index (χ4v) is 5.23. The van der Waals surface area contributed by atoms with E-state index in [9.17, 15) is 9.59 Å². The highest BCUT2D eigenvalue weighted by atomic mass is 35.5. The molecule has 1 N–H and O–H groups in total. The smallest absolute Gasteiger partial charge is 0.347 e. The van der Waals surface area contributed by atoms with Crippen molar-refractivity contribution in [3.05, 3.63) is 99.2 Å². The van der Waals surface area contributed by atoms with E-state index in [-0.39, 0.29) is 11.9 Å². The lowest BCUT2D eigenvalue weighted by molar-refractivity contribution is -0.148. The van der Waals surface area contributed by atoms with E-state index in [2.05, 4.69) is 55.8 Å². The summed E-state index contributed by atoms with van der Waals surface area (Å²) in [7, 11) is 1.35. The van der Waals surface area contributed by atoms with E-state index in [1.165, 1.54) is 12.7 Å². The highest BCUT2D eigenvalue weighted by Gasteiger charge is 2.20. The summed E-state index contributed by atoms with van der Waals surface area (Å²) < 4.78 is 13.0. The molecule has 3 aromatic carbocycles. The molecule has 0 aliphatic heterocycles. The summed E-state index contributed by atoms with van der Waals surface area (Å²) >= 11 is 6.60. The van der Waals surface area contributed by atoms with Gasteiger partial charge in [-0.25, -0.2) is 4.79 Å². The SMILES string of the molecule is CCC(Oc1ccc(Cl)c(Cn2c(C)c(C)c3cc(C(=O)N[C@@H](C)c4cccc(C(C)C)c4)ccc32)c1)C(=O)OC. The Kier molecular flexibility index (Phi) is 9.44. The summed E-state index contributed by atoms with van der Waals surface area (Å²) in [5, 5.41) is 4.78. The van der Waals surface area contributed by atoms with Crippen molar-refractivity contribution in [3.63, 3.8) is 0 Å². The van der Waals surface area contributed by atoms with E-state index in [0.29, 0.717) is 35.2 Å². The van der Waals surface area contributed by atoms with E-state index < -0.39 is 12.1 Å². The lowest BCUT2D eigenvalue weighted by Crippen LogP contribution is -2.27. The topological polar surface area (TPSA) is 69.6 Å². The van der Waals surface area contributed by atoms with Crippen molar-refractivity contribution < 1.29 is 19.1 Å². The molecule has 1 aromatic heterocycles. The van der Waals surface area contributed by atoms with Crippen LogP contribution in [0.15, 0.2) is 60.7 Å². The molecular weight excluding hydrogens is 536 g/mol. The summed E-state index contributed by atoms with van der Waals surface area (Å²) in [5.74, 6) is 0.460. The van der Waals surface area contributed by atoms with E-state index in [1.807, 2.05) is 44.2 Å². The quantitative estimate of drug-likeness (QED) is 0.195. The third kappa shape index (κ3) is 6.59. The Morgan fingerprint density at radius 2 is 1.71 bits per heavy atom. The Morgan fingerprint density at radius 1 is 0.976 bits per heavy atom. The molecule has 6 nitrogen and oxygen atoms in total. The van der Waals surface area contributed by atoms with E-state index in [4.69, 9.17) is 21.1 Å². The summed E-state index contributed by atoms with van der Waals surface area (Å²) in [6, 6.07) is 19.5. The summed E-state index contributed by atoms with van der Waals surface area (Å²) in [5.41, 5.74) is 7.02. The number of aromatic nitrogens is 1. The van der Waals surface area contributed by atoms with Gasteiger partial charge < -0.3 is 19.4 Å². The molecule has 0 aliphatic carbocycles. The summed E-state index contributed by atoms with van der Waals surface area (Å²) in [6.07, 6.45) is -0.193. The minimum Gasteiger partial charge on any atom is -0.479 e. The van der Waals surface area contributed by atoms with Crippen molar-refractivity contribution in [1.29, 1.82) is 0 Å². The molecule has 216 valence electrons. The standard InChI is InChI=1S/C34H39ClN2O4/c1-8-32(34(39)40-7)41-28-13-14-30(35)27(17-28)19-37-23(6)21(4)29-18-26(12-15-31(29)37)33(38)36-22(5)25-11-9-10-24(16-25)20(2)3/h9-18,20,22,32H,8,19H2,1-7H3,(H,36,38)/t22-,32?/m0/s1.